The van der Waals surface area contributed by atoms with Gasteiger partial charge in [-0.1, -0.05) is 13.8 Å². The van der Waals surface area contributed by atoms with Crippen molar-refractivity contribution in [2.24, 2.45) is 5.92 Å². The van der Waals surface area contributed by atoms with E-state index in [1.54, 1.807) is 0 Å². The van der Waals surface area contributed by atoms with E-state index < -0.39 is 0 Å². The van der Waals surface area contributed by atoms with Gasteiger partial charge in [0.05, 0.1) is 24.4 Å². The molecule has 1 atom stereocenters. The summed E-state index contributed by atoms with van der Waals surface area (Å²) in [6, 6.07) is -0.262. The maximum atomic E-state index is 12.5. The third-order valence-corrected chi connectivity index (χ3v) is 5.20. The molecule has 23 heavy (non-hydrogen) atoms. The van der Waals surface area contributed by atoms with Crippen molar-refractivity contribution in [3.8, 4) is 0 Å². The molecule has 126 valence electrons. The molecule has 2 aromatic rings. The fourth-order valence-corrected chi connectivity index (χ4v) is 3.34. The summed E-state index contributed by atoms with van der Waals surface area (Å²) in [5, 5.41) is 12.7. The predicted octanol–water partition coefficient (Wildman–Crippen LogP) is 1.60. The number of amides is 1. The number of rotatable bonds is 6. The third-order valence-electron chi connectivity index (χ3n) is 4.08. The van der Waals surface area contributed by atoms with Crippen molar-refractivity contribution < 1.29 is 9.90 Å². The van der Waals surface area contributed by atoms with Gasteiger partial charge >= 0.3 is 0 Å². The van der Waals surface area contributed by atoms with Crippen LogP contribution in [0.1, 0.15) is 30.7 Å². The van der Waals surface area contributed by atoms with Crippen LogP contribution >= 0.6 is 11.3 Å². The smallest absolute Gasteiger partial charge is 0.262 e. The van der Waals surface area contributed by atoms with Crippen LogP contribution in [0.4, 0.5) is 0 Å². The number of hydrogen-bond acceptors (Lipinski definition) is 5. The number of hydrogen-bond donors (Lipinski definition) is 2. The van der Waals surface area contributed by atoms with Gasteiger partial charge in [-0.05, 0) is 25.3 Å². The van der Waals surface area contributed by atoms with Crippen molar-refractivity contribution in [3.05, 3.63) is 27.1 Å². The molecule has 0 spiro atoms. The zero-order valence-electron chi connectivity index (χ0n) is 13.9. The van der Waals surface area contributed by atoms with E-state index in [0.29, 0.717) is 5.39 Å². The van der Waals surface area contributed by atoms with E-state index in [1.165, 1.54) is 22.2 Å². The average Bonchev–Trinajstić information content (AvgIpc) is 2.79. The Kier molecular flexibility index (Phi) is 5.54. The molecule has 6 nitrogen and oxygen atoms in total. The zero-order valence-corrected chi connectivity index (χ0v) is 14.7. The van der Waals surface area contributed by atoms with Crippen LogP contribution in [-0.2, 0) is 11.3 Å². The van der Waals surface area contributed by atoms with Gasteiger partial charge in [-0.3, -0.25) is 14.2 Å². The number of aromatic nitrogens is 2. The van der Waals surface area contributed by atoms with Crippen LogP contribution in [0.3, 0.4) is 0 Å². The van der Waals surface area contributed by atoms with Gasteiger partial charge in [0.1, 0.15) is 4.83 Å². The van der Waals surface area contributed by atoms with Crippen LogP contribution in [0.2, 0.25) is 0 Å². The molecule has 0 radical (unpaired) electrons. The Morgan fingerprint density at radius 2 is 2.13 bits per heavy atom. The predicted molar refractivity (Wildman–Crippen MR) is 91.8 cm³/mol. The Bertz CT molecular complexity index is 764. The summed E-state index contributed by atoms with van der Waals surface area (Å²) < 4.78 is 1.48. The standard InChI is InChI=1S/C16H23N3O3S/c1-9(2)12(7-20)18-13(21)5-6-19-8-17-15-14(16(19)22)10(3)11(4)23-15/h8-9,12,20H,5-7H2,1-4H3,(H,18,21)/t12-/m0/s1. The van der Waals surface area contributed by atoms with E-state index in [-0.39, 0.29) is 43.0 Å². The number of nitrogens with zero attached hydrogens (tertiary/aromatic N) is 2. The van der Waals surface area contributed by atoms with Crippen LogP contribution in [0.15, 0.2) is 11.1 Å². The number of nitrogens with one attached hydrogen (secondary N) is 1. The lowest BCUT2D eigenvalue weighted by molar-refractivity contribution is -0.122. The SMILES string of the molecule is Cc1sc2ncn(CCC(=O)N[C@@H](CO)C(C)C)c(=O)c2c1C. The molecular formula is C16H23N3O3S. The van der Waals surface area contributed by atoms with Gasteiger partial charge in [0.25, 0.3) is 5.56 Å². The number of aliphatic hydroxyl groups excluding tert-OH is 1. The lowest BCUT2D eigenvalue weighted by atomic mass is 10.1. The van der Waals surface area contributed by atoms with E-state index in [1.807, 2.05) is 27.7 Å². The summed E-state index contributed by atoms with van der Waals surface area (Å²) in [7, 11) is 0. The van der Waals surface area contributed by atoms with Gasteiger partial charge in [-0.2, -0.15) is 0 Å². The van der Waals surface area contributed by atoms with E-state index in [4.69, 9.17) is 0 Å². The van der Waals surface area contributed by atoms with E-state index >= 15 is 0 Å². The summed E-state index contributed by atoms with van der Waals surface area (Å²) in [5.41, 5.74) is 0.855. The maximum Gasteiger partial charge on any atom is 0.262 e. The lowest BCUT2D eigenvalue weighted by Crippen LogP contribution is -2.41. The molecule has 0 bridgehead atoms. The minimum absolute atomic E-state index is 0.0930. The first-order chi connectivity index (χ1) is 10.8. The topological polar surface area (TPSA) is 84.2 Å². The van der Waals surface area contributed by atoms with E-state index in [9.17, 15) is 14.7 Å². The fraction of sp³-hybridized carbons (Fsp3) is 0.562. The number of aliphatic hydroxyl groups is 1. The average molecular weight is 337 g/mol. The Balaban J connectivity index is 2.11. The van der Waals surface area contributed by atoms with Crippen LogP contribution in [-0.4, -0.2) is 33.2 Å². The van der Waals surface area contributed by atoms with Crippen molar-refractivity contribution in [2.45, 2.75) is 46.7 Å². The summed E-state index contributed by atoms with van der Waals surface area (Å²) in [5.74, 6) is -0.0240. The highest BCUT2D eigenvalue weighted by molar-refractivity contribution is 7.18. The molecule has 0 saturated carbocycles. The number of carbonyl (C=O) groups excluding carboxylic acids is 1. The molecule has 2 rings (SSSR count). The van der Waals surface area contributed by atoms with E-state index in [2.05, 4.69) is 10.3 Å². The molecule has 2 N–H and O–H groups in total. The van der Waals surface area contributed by atoms with Gasteiger partial charge in [-0.15, -0.1) is 11.3 Å². The fourth-order valence-electron chi connectivity index (χ4n) is 2.35. The quantitative estimate of drug-likeness (QED) is 0.838. The van der Waals surface area contributed by atoms with Crippen molar-refractivity contribution in [2.75, 3.05) is 6.61 Å². The second kappa shape index (κ2) is 7.23. The molecule has 0 aromatic carbocycles. The van der Waals surface area contributed by atoms with Gasteiger partial charge in [-0.25, -0.2) is 4.98 Å². The second-order valence-electron chi connectivity index (χ2n) is 6.06. The highest BCUT2D eigenvalue weighted by atomic mass is 32.1. The molecular weight excluding hydrogens is 314 g/mol. The van der Waals surface area contributed by atoms with Crippen LogP contribution < -0.4 is 10.9 Å². The summed E-state index contributed by atoms with van der Waals surface area (Å²) in [6.45, 7) is 7.95. The molecule has 7 heteroatoms. The maximum absolute atomic E-state index is 12.5. The first kappa shape index (κ1) is 17.6. The first-order valence-electron chi connectivity index (χ1n) is 7.70. The number of thiophene rings is 1. The molecule has 0 unspecified atom stereocenters. The van der Waals surface area contributed by atoms with Gasteiger partial charge < -0.3 is 10.4 Å². The summed E-state index contributed by atoms with van der Waals surface area (Å²) in [4.78, 5) is 30.6. The molecule has 0 saturated heterocycles. The Morgan fingerprint density at radius 3 is 2.74 bits per heavy atom. The normalized spacial score (nSPS) is 12.8. The number of carbonyl (C=O) groups is 1. The molecule has 1 amide bonds. The second-order valence-corrected chi connectivity index (χ2v) is 7.26. The Labute approximate surface area is 139 Å². The van der Waals surface area contributed by atoms with Crippen molar-refractivity contribution in [3.63, 3.8) is 0 Å². The highest BCUT2D eigenvalue weighted by Crippen LogP contribution is 2.25. The Hall–Kier alpha value is -1.73. The van der Waals surface area contributed by atoms with Crippen molar-refractivity contribution in [1.29, 1.82) is 0 Å². The highest BCUT2D eigenvalue weighted by Gasteiger charge is 2.16. The molecule has 2 heterocycles. The minimum atomic E-state index is -0.262. The molecule has 0 aliphatic heterocycles. The molecule has 0 aliphatic rings. The largest absolute Gasteiger partial charge is 0.394 e. The van der Waals surface area contributed by atoms with Crippen LogP contribution in [0.5, 0.6) is 0 Å². The van der Waals surface area contributed by atoms with Crippen LogP contribution in [0, 0.1) is 19.8 Å². The van der Waals surface area contributed by atoms with Crippen molar-refractivity contribution >= 4 is 27.5 Å². The van der Waals surface area contributed by atoms with Gasteiger partial charge in [0.2, 0.25) is 5.91 Å². The number of fused-ring (bicyclic) bond motifs is 1. The number of aryl methyl sites for hydroxylation is 3. The molecule has 2 aromatic heterocycles. The monoisotopic (exact) mass is 337 g/mol. The third kappa shape index (κ3) is 3.79. The van der Waals surface area contributed by atoms with Gasteiger partial charge in [0.15, 0.2) is 0 Å². The summed E-state index contributed by atoms with van der Waals surface area (Å²) >= 11 is 1.51. The van der Waals surface area contributed by atoms with Crippen LogP contribution in [0.25, 0.3) is 10.2 Å². The van der Waals surface area contributed by atoms with Crippen molar-refractivity contribution in [1.82, 2.24) is 14.9 Å². The first-order valence-corrected chi connectivity index (χ1v) is 8.52. The van der Waals surface area contributed by atoms with E-state index in [0.717, 1.165) is 15.3 Å². The molecule has 0 aliphatic carbocycles. The Morgan fingerprint density at radius 1 is 1.43 bits per heavy atom. The zero-order chi connectivity index (χ0) is 17.1. The lowest BCUT2D eigenvalue weighted by Gasteiger charge is -2.19. The molecule has 0 fully saturated rings. The minimum Gasteiger partial charge on any atom is -0.394 e. The van der Waals surface area contributed by atoms with Gasteiger partial charge in [0, 0.05) is 17.8 Å². The summed E-state index contributed by atoms with van der Waals surface area (Å²) in [6.07, 6.45) is 1.68.